The molecule has 4 heteroatoms. The van der Waals surface area contributed by atoms with Gasteiger partial charge in [-0.25, -0.2) is 9.18 Å². The second-order valence-electron chi connectivity index (χ2n) is 3.47. The molecule has 3 nitrogen and oxygen atoms in total. The van der Waals surface area contributed by atoms with Crippen molar-refractivity contribution in [2.24, 2.45) is 5.73 Å². The molecular formula is C10H12FNO2. The Labute approximate surface area is 81.4 Å². The summed E-state index contributed by atoms with van der Waals surface area (Å²) in [5, 5.41) is 8.84. The predicted octanol–water partition coefficient (Wildman–Crippen LogP) is 1.39. The van der Waals surface area contributed by atoms with Crippen molar-refractivity contribution in [3.63, 3.8) is 0 Å². The van der Waals surface area contributed by atoms with E-state index in [1.165, 1.54) is 25.1 Å². The van der Waals surface area contributed by atoms with Gasteiger partial charge >= 0.3 is 5.97 Å². The van der Waals surface area contributed by atoms with Crippen molar-refractivity contribution in [2.75, 3.05) is 0 Å². The molecule has 0 bridgehead atoms. The summed E-state index contributed by atoms with van der Waals surface area (Å²) in [6, 6.07) is 4.05. The second-order valence-corrected chi connectivity index (χ2v) is 3.47. The van der Waals surface area contributed by atoms with Crippen molar-refractivity contribution in [3.05, 3.63) is 35.1 Å². The van der Waals surface area contributed by atoms with Crippen molar-refractivity contribution in [1.29, 1.82) is 0 Å². The summed E-state index contributed by atoms with van der Waals surface area (Å²) in [5.41, 5.74) is 4.89. The molecule has 0 aromatic heterocycles. The highest BCUT2D eigenvalue weighted by Crippen LogP contribution is 2.20. The normalized spacial score (nSPS) is 14.9. The Hall–Kier alpha value is -1.42. The first-order valence-corrected chi connectivity index (χ1v) is 4.14. The van der Waals surface area contributed by atoms with Crippen LogP contribution in [-0.4, -0.2) is 11.1 Å². The maximum atomic E-state index is 12.9. The van der Waals surface area contributed by atoms with Crippen molar-refractivity contribution < 1.29 is 14.3 Å². The Morgan fingerprint density at radius 3 is 2.57 bits per heavy atom. The van der Waals surface area contributed by atoms with E-state index in [0.717, 1.165) is 0 Å². The molecule has 1 aromatic carbocycles. The fourth-order valence-corrected chi connectivity index (χ4v) is 1.09. The molecule has 0 aliphatic rings. The maximum Gasteiger partial charge on any atom is 0.328 e. The van der Waals surface area contributed by atoms with Gasteiger partial charge in [0.15, 0.2) is 0 Å². The second kappa shape index (κ2) is 3.38. The number of carboxylic acid groups (broad SMARTS) is 1. The van der Waals surface area contributed by atoms with Crippen LogP contribution >= 0.6 is 0 Å². The lowest BCUT2D eigenvalue weighted by Gasteiger charge is -2.20. The van der Waals surface area contributed by atoms with Crippen LogP contribution in [0.15, 0.2) is 18.2 Å². The van der Waals surface area contributed by atoms with E-state index in [1.54, 1.807) is 6.92 Å². The summed E-state index contributed by atoms with van der Waals surface area (Å²) in [7, 11) is 0. The highest BCUT2D eigenvalue weighted by atomic mass is 19.1. The van der Waals surface area contributed by atoms with Gasteiger partial charge in [-0.05, 0) is 31.0 Å². The van der Waals surface area contributed by atoms with Crippen molar-refractivity contribution in [2.45, 2.75) is 19.4 Å². The van der Waals surface area contributed by atoms with E-state index in [1.807, 2.05) is 0 Å². The molecule has 0 saturated heterocycles. The number of aryl methyl sites for hydroxylation is 1. The fourth-order valence-electron chi connectivity index (χ4n) is 1.09. The van der Waals surface area contributed by atoms with E-state index in [2.05, 4.69) is 0 Å². The third kappa shape index (κ3) is 1.75. The Kier molecular flexibility index (Phi) is 2.57. The van der Waals surface area contributed by atoms with Crippen LogP contribution in [0.25, 0.3) is 0 Å². The van der Waals surface area contributed by atoms with Gasteiger partial charge in [-0.3, -0.25) is 0 Å². The predicted molar refractivity (Wildman–Crippen MR) is 50.3 cm³/mol. The zero-order valence-electron chi connectivity index (χ0n) is 8.04. The van der Waals surface area contributed by atoms with Crippen molar-refractivity contribution in [1.82, 2.24) is 0 Å². The number of carbonyl (C=O) groups is 1. The quantitative estimate of drug-likeness (QED) is 0.753. The average Bonchev–Trinajstić information content (AvgIpc) is 2.09. The van der Waals surface area contributed by atoms with Gasteiger partial charge in [0.2, 0.25) is 0 Å². The molecule has 0 spiro atoms. The van der Waals surface area contributed by atoms with Gasteiger partial charge in [0.1, 0.15) is 11.4 Å². The van der Waals surface area contributed by atoms with E-state index >= 15 is 0 Å². The van der Waals surface area contributed by atoms with Gasteiger partial charge in [0.05, 0.1) is 0 Å². The van der Waals surface area contributed by atoms with E-state index in [-0.39, 0.29) is 5.82 Å². The smallest absolute Gasteiger partial charge is 0.328 e. The summed E-state index contributed by atoms with van der Waals surface area (Å²) in [6.07, 6.45) is 0. The van der Waals surface area contributed by atoms with Gasteiger partial charge in [0, 0.05) is 0 Å². The molecule has 0 amide bonds. The highest BCUT2D eigenvalue weighted by molar-refractivity contribution is 5.79. The molecule has 0 heterocycles. The molecular weight excluding hydrogens is 185 g/mol. The van der Waals surface area contributed by atoms with Crippen LogP contribution in [-0.2, 0) is 10.3 Å². The van der Waals surface area contributed by atoms with E-state index in [9.17, 15) is 9.18 Å². The number of hydrogen-bond acceptors (Lipinski definition) is 2. The number of benzene rings is 1. The van der Waals surface area contributed by atoms with E-state index < -0.39 is 11.5 Å². The van der Waals surface area contributed by atoms with Crippen molar-refractivity contribution in [3.8, 4) is 0 Å². The third-order valence-electron chi connectivity index (χ3n) is 2.20. The van der Waals surface area contributed by atoms with Crippen LogP contribution in [0.1, 0.15) is 18.1 Å². The first-order valence-electron chi connectivity index (χ1n) is 4.14. The Balaban J connectivity index is 3.21. The van der Waals surface area contributed by atoms with Gasteiger partial charge in [0.25, 0.3) is 0 Å². The molecule has 1 atom stereocenters. The SMILES string of the molecule is Cc1cc([C@](C)(N)C(=O)O)ccc1F. The van der Waals surface area contributed by atoms with Gasteiger partial charge in [-0.2, -0.15) is 0 Å². The minimum absolute atomic E-state index is 0.366. The summed E-state index contributed by atoms with van der Waals surface area (Å²) in [6.45, 7) is 2.94. The Bertz CT molecular complexity index is 374. The lowest BCUT2D eigenvalue weighted by molar-refractivity contribution is -0.143. The molecule has 0 aliphatic carbocycles. The summed E-state index contributed by atoms with van der Waals surface area (Å²) >= 11 is 0. The lowest BCUT2D eigenvalue weighted by atomic mass is 9.92. The minimum atomic E-state index is -1.47. The van der Waals surface area contributed by atoms with E-state index in [0.29, 0.717) is 11.1 Å². The lowest BCUT2D eigenvalue weighted by Crippen LogP contribution is -2.41. The summed E-state index contributed by atoms with van der Waals surface area (Å²) in [5.74, 6) is -1.50. The summed E-state index contributed by atoms with van der Waals surface area (Å²) in [4.78, 5) is 10.8. The molecule has 0 unspecified atom stereocenters. The van der Waals surface area contributed by atoms with Crippen LogP contribution in [0.3, 0.4) is 0 Å². The molecule has 76 valence electrons. The fraction of sp³-hybridized carbons (Fsp3) is 0.300. The molecule has 0 aliphatic heterocycles. The molecule has 1 aromatic rings. The number of rotatable bonds is 2. The Morgan fingerprint density at radius 2 is 2.14 bits per heavy atom. The van der Waals surface area contributed by atoms with Gasteiger partial charge < -0.3 is 10.8 Å². The van der Waals surface area contributed by atoms with Crippen LogP contribution in [0.2, 0.25) is 0 Å². The zero-order chi connectivity index (χ0) is 10.9. The maximum absolute atomic E-state index is 12.9. The number of halogens is 1. The van der Waals surface area contributed by atoms with Crippen LogP contribution < -0.4 is 5.73 Å². The number of hydrogen-bond donors (Lipinski definition) is 2. The van der Waals surface area contributed by atoms with Crippen LogP contribution in [0.4, 0.5) is 4.39 Å². The van der Waals surface area contributed by atoms with E-state index in [4.69, 9.17) is 10.8 Å². The average molecular weight is 197 g/mol. The highest BCUT2D eigenvalue weighted by Gasteiger charge is 2.30. The first-order chi connectivity index (χ1) is 6.35. The standard InChI is InChI=1S/C10H12FNO2/c1-6-5-7(3-4-8(6)11)10(2,12)9(13)14/h3-5H,12H2,1-2H3,(H,13,14)/t10-/m0/s1. The first kappa shape index (κ1) is 10.7. The summed E-state index contributed by atoms with van der Waals surface area (Å²) < 4.78 is 12.9. The molecule has 3 N–H and O–H groups in total. The monoisotopic (exact) mass is 197 g/mol. The third-order valence-corrected chi connectivity index (χ3v) is 2.20. The number of aliphatic carboxylic acids is 1. The molecule has 0 radical (unpaired) electrons. The van der Waals surface area contributed by atoms with Crippen molar-refractivity contribution >= 4 is 5.97 Å². The van der Waals surface area contributed by atoms with Gasteiger partial charge in [-0.1, -0.05) is 12.1 Å². The van der Waals surface area contributed by atoms with Crippen LogP contribution in [0, 0.1) is 12.7 Å². The topological polar surface area (TPSA) is 63.3 Å². The van der Waals surface area contributed by atoms with Gasteiger partial charge in [-0.15, -0.1) is 0 Å². The Morgan fingerprint density at radius 1 is 1.57 bits per heavy atom. The molecule has 1 rings (SSSR count). The molecule has 14 heavy (non-hydrogen) atoms. The number of nitrogens with two attached hydrogens (primary N) is 1. The molecule has 0 saturated carbocycles. The zero-order valence-corrected chi connectivity index (χ0v) is 8.04. The van der Waals surface area contributed by atoms with Crippen LogP contribution in [0.5, 0.6) is 0 Å². The largest absolute Gasteiger partial charge is 0.480 e. The number of carboxylic acids is 1. The molecule has 0 fully saturated rings. The minimum Gasteiger partial charge on any atom is -0.480 e.